The molecule has 0 N–H and O–H groups in total. The average Bonchev–Trinajstić information content (AvgIpc) is 3.09. The van der Waals surface area contributed by atoms with E-state index in [1.165, 1.54) is 15.9 Å². The minimum atomic E-state index is -0.570. The van der Waals surface area contributed by atoms with Crippen LogP contribution in [-0.4, -0.2) is 16.2 Å². The molecule has 0 aliphatic rings. The van der Waals surface area contributed by atoms with Gasteiger partial charge in [-0.15, -0.1) is 11.3 Å². The highest BCUT2D eigenvalue weighted by atomic mass is 32.1. The summed E-state index contributed by atoms with van der Waals surface area (Å²) in [5.41, 5.74) is 1.73. The van der Waals surface area contributed by atoms with Crippen molar-refractivity contribution in [1.82, 2.24) is 9.55 Å². The topological polar surface area (TPSA) is 34.9 Å². The molecule has 0 aliphatic heterocycles. The van der Waals surface area contributed by atoms with Gasteiger partial charge in [0.2, 0.25) is 0 Å². The van der Waals surface area contributed by atoms with Crippen molar-refractivity contribution in [3.63, 3.8) is 0 Å². The maximum atomic E-state index is 13.1. The predicted molar refractivity (Wildman–Crippen MR) is 107 cm³/mol. The number of hydrogen-bond donors (Lipinski definition) is 0. The second-order valence-electron chi connectivity index (χ2n) is 6.32. The monoisotopic (exact) mass is 366 g/mol. The van der Waals surface area contributed by atoms with Gasteiger partial charge in [-0.05, 0) is 28.8 Å². The lowest BCUT2D eigenvalue weighted by Crippen LogP contribution is -2.26. The van der Waals surface area contributed by atoms with E-state index in [9.17, 15) is 9.18 Å². The van der Waals surface area contributed by atoms with Crippen molar-refractivity contribution in [2.75, 3.05) is 6.67 Å². The number of aryl methyl sites for hydroxylation is 1. The summed E-state index contributed by atoms with van der Waals surface area (Å²) in [6.45, 7) is 1.52. The molecule has 2 heterocycles. The SMILES string of the molecule is CCCc1nc2scc(-c3ccc4ccccc4c3)c2c(=O)n1CCF. The summed E-state index contributed by atoms with van der Waals surface area (Å²) >= 11 is 1.48. The standard InChI is InChI=1S/C21H19FN2OS/c1-2-5-18-23-20-19(21(25)24(18)11-10-22)17(13-26-20)16-9-8-14-6-3-4-7-15(14)12-16/h3-4,6-9,12-13H,2,5,10-11H2,1H3. The molecule has 0 saturated heterocycles. The fraction of sp³-hybridized carbons (Fsp3) is 0.238. The molecule has 0 atom stereocenters. The Bertz CT molecular complexity index is 1150. The van der Waals surface area contributed by atoms with Crippen molar-refractivity contribution in [1.29, 1.82) is 0 Å². The van der Waals surface area contributed by atoms with E-state index in [2.05, 4.69) is 29.2 Å². The molecule has 4 aromatic rings. The van der Waals surface area contributed by atoms with Crippen molar-refractivity contribution in [2.45, 2.75) is 26.3 Å². The lowest BCUT2D eigenvalue weighted by Gasteiger charge is -2.11. The van der Waals surface area contributed by atoms with Crippen molar-refractivity contribution >= 4 is 32.3 Å². The van der Waals surface area contributed by atoms with Crippen LogP contribution in [0.3, 0.4) is 0 Å². The first kappa shape index (κ1) is 16.9. The lowest BCUT2D eigenvalue weighted by atomic mass is 10.0. The van der Waals surface area contributed by atoms with Crippen LogP contribution >= 0.6 is 11.3 Å². The van der Waals surface area contributed by atoms with Crippen LogP contribution in [0.4, 0.5) is 4.39 Å². The van der Waals surface area contributed by atoms with Crippen LogP contribution in [-0.2, 0) is 13.0 Å². The molecule has 0 unspecified atom stereocenters. The Labute approximate surface area is 154 Å². The van der Waals surface area contributed by atoms with Gasteiger partial charge in [0.15, 0.2) is 0 Å². The van der Waals surface area contributed by atoms with Crippen molar-refractivity contribution in [2.24, 2.45) is 0 Å². The van der Waals surface area contributed by atoms with Gasteiger partial charge < -0.3 is 0 Å². The fourth-order valence-corrected chi connectivity index (χ4v) is 4.32. The van der Waals surface area contributed by atoms with E-state index < -0.39 is 6.67 Å². The molecule has 2 aromatic carbocycles. The van der Waals surface area contributed by atoms with E-state index in [1.54, 1.807) is 0 Å². The van der Waals surface area contributed by atoms with E-state index >= 15 is 0 Å². The van der Waals surface area contributed by atoms with Gasteiger partial charge in [0.1, 0.15) is 17.3 Å². The number of benzene rings is 2. The lowest BCUT2D eigenvalue weighted by molar-refractivity contribution is 0.431. The Kier molecular flexibility index (Phi) is 4.55. The Morgan fingerprint density at radius 2 is 1.96 bits per heavy atom. The van der Waals surface area contributed by atoms with Gasteiger partial charge in [-0.1, -0.05) is 43.3 Å². The van der Waals surface area contributed by atoms with Crippen LogP contribution < -0.4 is 5.56 Å². The second kappa shape index (κ2) is 7.00. The molecule has 0 radical (unpaired) electrons. The summed E-state index contributed by atoms with van der Waals surface area (Å²) in [5.74, 6) is 0.676. The van der Waals surface area contributed by atoms with E-state index in [4.69, 9.17) is 0 Å². The first-order chi connectivity index (χ1) is 12.7. The smallest absolute Gasteiger partial charge is 0.262 e. The van der Waals surface area contributed by atoms with Crippen molar-refractivity contribution in [3.8, 4) is 11.1 Å². The maximum absolute atomic E-state index is 13.1. The maximum Gasteiger partial charge on any atom is 0.262 e. The van der Waals surface area contributed by atoms with Gasteiger partial charge in [0, 0.05) is 17.4 Å². The molecule has 132 valence electrons. The molecule has 0 aliphatic carbocycles. The van der Waals surface area contributed by atoms with Gasteiger partial charge in [-0.25, -0.2) is 9.37 Å². The van der Waals surface area contributed by atoms with Crippen molar-refractivity contribution < 1.29 is 4.39 Å². The molecular weight excluding hydrogens is 347 g/mol. The first-order valence-corrected chi connectivity index (χ1v) is 9.67. The quantitative estimate of drug-likeness (QED) is 0.486. The van der Waals surface area contributed by atoms with E-state index in [0.29, 0.717) is 17.6 Å². The van der Waals surface area contributed by atoms with Crippen molar-refractivity contribution in [3.05, 3.63) is 64.0 Å². The molecule has 0 amide bonds. The van der Waals surface area contributed by atoms with Gasteiger partial charge in [-0.2, -0.15) is 0 Å². The number of thiophene rings is 1. The van der Waals surface area contributed by atoms with Crippen LogP contribution in [0.1, 0.15) is 19.2 Å². The predicted octanol–water partition coefficient (Wildman–Crippen LogP) is 5.20. The Hall–Kier alpha value is -2.53. The van der Waals surface area contributed by atoms with Gasteiger partial charge in [0.05, 0.1) is 11.9 Å². The molecule has 26 heavy (non-hydrogen) atoms. The molecule has 0 saturated carbocycles. The Balaban J connectivity index is 1.95. The second-order valence-corrected chi connectivity index (χ2v) is 7.17. The third-order valence-corrected chi connectivity index (χ3v) is 5.49. The summed E-state index contributed by atoms with van der Waals surface area (Å²) in [4.78, 5) is 18.5. The number of alkyl halides is 1. The minimum absolute atomic E-state index is 0.0596. The average molecular weight is 366 g/mol. The molecule has 0 bridgehead atoms. The highest BCUT2D eigenvalue weighted by Gasteiger charge is 2.16. The highest BCUT2D eigenvalue weighted by molar-refractivity contribution is 7.17. The molecule has 4 rings (SSSR count). The summed E-state index contributed by atoms with van der Waals surface area (Å²) in [6.07, 6.45) is 1.54. The molecule has 3 nitrogen and oxygen atoms in total. The number of halogens is 1. The zero-order valence-corrected chi connectivity index (χ0v) is 15.4. The molecule has 0 fully saturated rings. The summed E-state index contributed by atoms with van der Waals surface area (Å²) in [5, 5.41) is 4.87. The van der Waals surface area contributed by atoms with Crippen LogP contribution in [0, 0.1) is 0 Å². The van der Waals surface area contributed by atoms with Crippen LogP contribution in [0.15, 0.2) is 52.6 Å². The van der Waals surface area contributed by atoms with Gasteiger partial charge in [0.25, 0.3) is 5.56 Å². The summed E-state index contributed by atoms with van der Waals surface area (Å²) in [6, 6.07) is 14.3. The zero-order chi connectivity index (χ0) is 18.1. The Morgan fingerprint density at radius 1 is 1.15 bits per heavy atom. The fourth-order valence-electron chi connectivity index (χ4n) is 3.37. The van der Waals surface area contributed by atoms with E-state index in [1.807, 2.05) is 30.5 Å². The molecule has 2 aromatic heterocycles. The summed E-state index contributed by atoms with van der Waals surface area (Å²) in [7, 11) is 0. The number of hydrogen-bond acceptors (Lipinski definition) is 3. The van der Waals surface area contributed by atoms with Crippen LogP contribution in [0.5, 0.6) is 0 Å². The number of nitrogens with zero attached hydrogens (tertiary/aromatic N) is 2. The third kappa shape index (κ3) is 2.82. The zero-order valence-electron chi connectivity index (χ0n) is 14.5. The summed E-state index contributed by atoms with van der Waals surface area (Å²) < 4.78 is 14.5. The van der Waals surface area contributed by atoms with Crippen LogP contribution in [0.25, 0.3) is 32.1 Å². The highest BCUT2D eigenvalue weighted by Crippen LogP contribution is 2.33. The number of aromatic nitrogens is 2. The van der Waals surface area contributed by atoms with Gasteiger partial charge >= 0.3 is 0 Å². The largest absolute Gasteiger partial charge is 0.293 e. The first-order valence-electron chi connectivity index (χ1n) is 8.79. The number of rotatable bonds is 5. The molecule has 5 heteroatoms. The third-order valence-electron chi connectivity index (χ3n) is 4.61. The Morgan fingerprint density at radius 3 is 2.73 bits per heavy atom. The van der Waals surface area contributed by atoms with Crippen LogP contribution in [0.2, 0.25) is 0 Å². The van der Waals surface area contributed by atoms with Gasteiger partial charge in [-0.3, -0.25) is 9.36 Å². The number of fused-ring (bicyclic) bond motifs is 2. The molecule has 0 spiro atoms. The van der Waals surface area contributed by atoms with E-state index in [0.717, 1.165) is 33.2 Å². The normalized spacial score (nSPS) is 11.5. The molecular formula is C21H19FN2OS. The van der Waals surface area contributed by atoms with E-state index in [-0.39, 0.29) is 12.1 Å². The minimum Gasteiger partial charge on any atom is -0.293 e.